The van der Waals surface area contributed by atoms with Gasteiger partial charge in [0.05, 0.1) is 18.8 Å². The lowest BCUT2D eigenvalue weighted by atomic mass is 9.74. The molecule has 8 heteroatoms. The third-order valence-corrected chi connectivity index (χ3v) is 5.86. The van der Waals surface area contributed by atoms with E-state index >= 15 is 0 Å². The molecule has 0 bridgehead atoms. The van der Waals surface area contributed by atoms with Gasteiger partial charge in [0.25, 0.3) is 0 Å². The molecule has 1 aliphatic rings. The van der Waals surface area contributed by atoms with Gasteiger partial charge in [-0.1, -0.05) is 54.3 Å². The lowest BCUT2D eigenvalue weighted by Gasteiger charge is -2.36. The van der Waals surface area contributed by atoms with Crippen molar-refractivity contribution in [2.45, 2.75) is 52.1 Å². The van der Waals surface area contributed by atoms with Crippen LogP contribution in [0.3, 0.4) is 0 Å². The molecular formula is C22H24Cl2N4O2. The van der Waals surface area contributed by atoms with E-state index in [2.05, 4.69) is 29.4 Å². The molecule has 0 saturated carbocycles. The number of aromatic nitrogens is 3. The summed E-state index contributed by atoms with van der Waals surface area (Å²) in [6.45, 7) is 5.10. The predicted molar refractivity (Wildman–Crippen MR) is 116 cm³/mol. The third kappa shape index (κ3) is 4.87. The topological polar surface area (TPSA) is 73.0 Å². The number of benzene rings is 1. The first-order valence-electron chi connectivity index (χ1n) is 9.98. The summed E-state index contributed by atoms with van der Waals surface area (Å²) in [4.78, 5) is 12.6. The summed E-state index contributed by atoms with van der Waals surface area (Å²) < 4.78 is 7.10. The lowest BCUT2D eigenvalue weighted by Crippen LogP contribution is -2.37. The first-order valence-corrected chi connectivity index (χ1v) is 10.7. The van der Waals surface area contributed by atoms with Crippen LogP contribution in [0.15, 0.2) is 41.1 Å². The highest BCUT2D eigenvalue weighted by molar-refractivity contribution is 6.30. The number of halogens is 2. The Morgan fingerprint density at radius 3 is 2.90 bits per heavy atom. The smallest absolute Gasteiger partial charge is 0.220 e. The molecule has 4 rings (SSSR count). The van der Waals surface area contributed by atoms with E-state index in [9.17, 15) is 4.79 Å². The van der Waals surface area contributed by atoms with E-state index in [1.807, 2.05) is 35.1 Å². The van der Waals surface area contributed by atoms with Crippen LogP contribution in [-0.2, 0) is 24.2 Å². The lowest BCUT2D eigenvalue weighted by molar-refractivity contribution is -0.122. The molecule has 3 aromatic rings. The summed E-state index contributed by atoms with van der Waals surface area (Å²) >= 11 is 11.9. The Morgan fingerprint density at radius 2 is 2.17 bits per heavy atom. The predicted octanol–water partition coefficient (Wildman–Crippen LogP) is 4.99. The van der Waals surface area contributed by atoms with Gasteiger partial charge in [0.2, 0.25) is 5.91 Å². The van der Waals surface area contributed by atoms with Crippen LogP contribution in [0.4, 0.5) is 0 Å². The number of rotatable bonds is 6. The maximum Gasteiger partial charge on any atom is 0.220 e. The Bertz CT molecular complexity index is 1060. The molecule has 30 heavy (non-hydrogen) atoms. The standard InChI is InChI=1S/C22H24Cl2N4O2/c1-22(2)10-18(26-21(29)7-6-16-9-20(24)27-30-16)17-12-25-28(19(17)11-22)13-14-4-3-5-15(23)8-14/h3-5,8-9,12,18H,6-7,10-11,13H2,1-2H3,(H,26,29)/t18-/m0/s1. The Labute approximate surface area is 185 Å². The Morgan fingerprint density at radius 1 is 1.33 bits per heavy atom. The highest BCUT2D eigenvalue weighted by atomic mass is 35.5. The molecule has 0 saturated heterocycles. The van der Waals surface area contributed by atoms with Crippen LogP contribution < -0.4 is 5.32 Å². The van der Waals surface area contributed by atoms with Gasteiger partial charge in [0.1, 0.15) is 5.76 Å². The molecule has 0 radical (unpaired) electrons. The van der Waals surface area contributed by atoms with E-state index in [1.54, 1.807) is 6.07 Å². The Hall–Kier alpha value is -2.31. The summed E-state index contributed by atoms with van der Waals surface area (Å²) in [5, 5.41) is 12.5. The second kappa shape index (κ2) is 8.44. The van der Waals surface area contributed by atoms with Crippen LogP contribution in [0.25, 0.3) is 0 Å². The Balaban J connectivity index is 1.49. The zero-order chi connectivity index (χ0) is 21.3. The van der Waals surface area contributed by atoms with Crippen LogP contribution in [0, 0.1) is 5.41 Å². The van der Waals surface area contributed by atoms with Crippen LogP contribution in [0.2, 0.25) is 10.2 Å². The zero-order valence-corrected chi connectivity index (χ0v) is 18.5. The number of amides is 1. The van der Waals surface area contributed by atoms with Gasteiger partial charge in [-0.2, -0.15) is 5.10 Å². The molecule has 1 atom stereocenters. The van der Waals surface area contributed by atoms with Crippen molar-refractivity contribution in [3.05, 3.63) is 69.3 Å². The average Bonchev–Trinajstić information content (AvgIpc) is 3.26. The number of aryl methyl sites for hydroxylation is 1. The molecule has 0 aliphatic heterocycles. The molecule has 1 amide bonds. The molecule has 2 aromatic heterocycles. The van der Waals surface area contributed by atoms with Gasteiger partial charge in [-0.15, -0.1) is 0 Å². The zero-order valence-electron chi connectivity index (χ0n) is 17.0. The highest BCUT2D eigenvalue weighted by Gasteiger charge is 2.35. The molecule has 1 N–H and O–H groups in total. The molecule has 0 unspecified atom stereocenters. The van der Waals surface area contributed by atoms with E-state index in [0.717, 1.165) is 24.0 Å². The maximum absolute atomic E-state index is 12.6. The SMILES string of the molecule is CC1(C)Cc2c(cnn2Cc2cccc(Cl)c2)[C@@H](NC(=O)CCc2cc(Cl)no2)C1. The normalized spacial score (nSPS) is 17.5. The molecule has 6 nitrogen and oxygen atoms in total. The summed E-state index contributed by atoms with van der Waals surface area (Å²) in [6, 6.07) is 9.38. The van der Waals surface area contributed by atoms with Gasteiger partial charge < -0.3 is 9.84 Å². The summed E-state index contributed by atoms with van der Waals surface area (Å²) in [6.07, 6.45) is 4.43. The van der Waals surface area contributed by atoms with Gasteiger partial charge in [-0.3, -0.25) is 9.48 Å². The number of hydrogen-bond donors (Lipinski definition) is 1. The van der Waals surface area contributed by atoms with Crippen LogP contribution >= 0.6 is 23.2 Å². The third-order valence-electron chi connectivity index (χ3n) is 5.44. The van der Waals surface area contributed by atoms with Crippen molar-refractivity contribution in [1.29, 1.82) is 0 Å². The summed E-state index contributed by atoms with van der Waals surface area (Å²) in [7, 11) is 0. The van der Waals surface area contributed by atoms with Gasteiger partial charge in [0, 0.05) is 35.2 Å². The number of nitrogens with one attached hydrogen (secondary N) is 1. The van der Waals surface area contributed by atoms with Crippen molar-refractivity contribution in [3.63, 3.8) is 0 Å². The minimum atomic E-state index is -0.0670. The molecule has 2 heterocycles. The fourth-order valence-electron chi connectivity index (χ4n) is 4.08. The van der Waals surface area contributed by atoms with Crippen molar-refractivity contribution in [1.82, 2.24) is 20.3 Å². The number of carbonyl (C=O) groups is 1. The minimum Gasteiger partial charge on any atom is -0.360 e. The monoisotopic (exact) mass is 446 g/mol. The number of fused-ring (bicyclic) bond motifs is 1. The fourth-order valence-corrected chi connectivity index (χ4v) is 4.45. The van der Waals surface area contributed by atoms with E-state index in [-0.39, 0.29) is 17.4 Å². The highest BCUT2D eigenvalue weighted by Crippen LogP contribution is 2.41. The molecular weight excluding hydrogens is 423 g/mol. The molecule has 158 valence electrons. The van der Waals surface area contributed by atoms with Crippen LogP contribution in [0.1, 0.15) is 55.3 Å². The van der Waals surface area contributed by atoms with Crippen molar-refractivity contribution >= 4 is 29.1 Å². The van der Waals surface area contributed by atoms with E-state index < -0.39 is 0 Å². The number of hydrogen-bond acceptors (Lipinski definition) is 4. The van der Waals surface area contributed by atoms with Gasteiger partial charge in [-0.05, 0) is 36.0 Å². The van der Waals surface area contributed by atoms with Crippen LogP contribution in [0.5, 0.6) is 0 Å². The van der Waals surface area contributed by atoms with Gasteiger partial charge in [0.15, 0.2) is 5.15 Å². The second-order valence-corrected chi connectivity index (χ2v) is 9.44. The minimum absolute atomic E-state index is 0.0289. The summed E-state index contributed by atoms with van der Waals surface area (Å²) in [5.41, 5.74) is 3.41. The van der Waals surface area contributed by atoms with Crippen molar-refractivity contribution < 1.29 is 9.32 Å². The largest absolute Gasteiger partial charge is 0.360 e. The van der Waals surface area contributed by atoms with Crippen LogP contribution in [-0.4, -0.2) is 20.8 Å². The Kier molecular flexibility index (Phi) is 5.89. The molecule has 1 aliphatic carbocycles. The van der Waals surface area contributed by atoms with Crippen molar-refractivity contribution in [3.8, 4) is 0 Å². The number of nitrogens with zero attached hydrogens (tertiary/aromatic N) is 3. The van der Waals surface area contributed by atoms with E-state index in [1.165, 1.54) is 5.69 Å². The van der Waals surface area contributed by atoms with Crippen molar-refractivity contribution in [2.24, 2.45) is 5.41 Å². The molecule has 0 spiro atoms. The first-order chi connectivity index (χ1) is 14.3. The first kappa shape index (κ1) is 20.9. The van der Waals surface area contributed by atoms with E-state index in [4.69, 9.17) is 27.7 Å². The maximum atomic E-state index is 12.6. The van der Waals surface area contributed by atoms with Gasteiger partial charge in [-0.25, -0.2) is 0 Å². The molecule has 0 fully saturated rings. The second-order valence-electron chi connectivity index (χ2n) is 8.62. The van der Waals surface area contributed by atoms with Crippen molar-refractivity contribution in [2.75, 3.05) is 0 Å². The summed E-state index contributed by atoms with van der Waals surface area (Å²) in [5.74, 6) is 0.577. The number of carbonyl (C=O) groups excluding carboxylic acids is 1. The fraction of sp³-hybridized carbons (Fsp3) is 0.409. The van der Waals surface area contributed by atoms with E-state index in [0.29, 0.717) is 35.3 Å². The quantitative estimate of drug-likeness (QED) is 0.578. The molecule has 1 aromatic carbocycles. The van der Waals surface area contributed by atoms with Gasteiger partial charge >= 0.3 is 0 Å². The average molecular weight is 447 g/mol.